The fourth-order valence-electron chi connectivity index (χ4n) is 2.99. The number of nitrogens with zero attached hydrogens (tertiary/aromatic N) is 6. The fraction of sp³-hybridized carbons (Fsp3) is 0.412. The molecule has 1 aliphatic heterocycles. The zero-order chi connectivity index (χ0) is 16.4. The molecule has 0 amide bonds. The maximum atomic E-state index is 4.56. The first-order valence-corrected chi connectivity index (χ1v) is 8.44. The third kappa shape index (κ3) is 3.07. The van der Waals surface area contributed by atoms with Gasteiger partial charge in [0.1, 0.15) is 5.82 Å². The SMILES string of the molecule is CCc1nc2n(n1)C[C@@H](NCc1cnn(-c3ccccc3)n1)CC2. The van der Waals surface area contributed by atoms with E-state index in [2.05, 4.69) is 32.5 Å². The fourth-order valence-corrected chi connectivity index (χ4v) is 2.99. The van der Waals surface area contributed by atoms with Gasteiger partial charge in [-0.05, 0) is 18.6 Å². The van der Waals surface area contributed by atoms with E-state index in [4.69, 9.17) is 0 Å². The Morgan fingerprint density at radius 2 is 2.08 bits per heavy atom. The summed E-state index contributed by atoms with van der Waals surface area (Å²) in [6.45, 7) is 3.67. The maximum Gasteiger partial charge on any atom is 0.150 e. The van der Waals surface area contributed by atoms with Crippen LogP contribution in [0.1, 0.15) is 30.7 Å². The maximum absolute atomic E-state index is 4.56. The molecule has 0 bridgehead atoms. The predicted molar refractivity (Wildman–Crippen MR) is 89.7 cm³/mol. The van der Waals surface area contributed by atoms with Crippen LogP contribution in [0.15, 0.2) is 36.5 Å². The molecular formula is C17H21N7. The number of nitrogens with one attached hydrogen (secondary N) is 1. The summed E-state index contributed by atoms with van der Waals surface area (Å²) in [5.74, 6) is 2.05. The highest BCUT2D eigenvalue weighted by Gasteiger charge is 2.21. The summed E-state index contributed by atoms with van der Waals surface area (Å²) in [6, 6.07) is 10.3. The van der Waals surface area contributed by atoms with E-state index in [1.165, 1.54) is 0 Å². The average Bonchev–Trinajstić information content (AvgIpc) is 3.27. The van der Waals surface area contributed by atoms with Crippen molar-refractivity contribution in [3.8, 4) is 5.69 Å². The minimum Gasteiger partial charge on any atom is -0.306 e. The van der Waals surface area contributed by atoms with Gasteiger partial charge < -0.3 is 5.32 Å². The molecule has 0 aliphatic carbocycles. The van der Waals surface area contributed by atoms with Crippen molar-refractivity contribution in [3.63, 3.8) is 0 Å². The second-order valence-corrected chi connectivity index (χ2v) is 6.06. The van der Waals surface area contributed by atoms with Gasteiger partial charge in [0.2, 0.25) is 0 Å². The molecule has 3 aromatic rings. The van der Waals surface area contributed by atoms with Crippen molar-refractivity contribution in [1.29, 1.82) is 0 Å². The van der Waals surface area contributed by atoms with E-state index in [9.17, 15) is 0 Å². The summed E-state index contributed by atoms with van der Waals surface area (Å²) >= 11 is 0. The van der Waals surface area contributed by atoms with Gasteiger partial charge in [-0.25, -0.2) is 9.67 Å². The lowest BCUT2D eigenvalue weighted by atomic mass is 10.1. The molecule has 124 valence electrons. The van der Waals surface area contributed by atoms with Crippen LogP contribution >= 0.6 is 0 Å². The Balaban J connectivity index is 1.37. The number of aryl methyl sites for hydroxylation is 2. The molecule has 0 fully saturated rings. The molecule has 7 nitrogen and oxygen atoms in total. The summed E-state index contributed by atoms with van der Waals surface area (Å²) in [5, 5.41) is 17.0. The molecule has 24 heavy (non-hydrogen) atoms. The Kier molecular flexibility index (Phi) is 4.08. The van der Waals surface area contributed by atoms with E-state index in [-0.39, 0.29) is 0 Å². The van der Waals surface area contributed by atoms with Gasteiger partial charge >= 0.3 is 0 Å². The van der Waals surface area contributed by atoms with Crippen LogP contribution in [0.4, 0.5) is 0 Å². The van der Waals surface area contributed by atoms with Gasteiger partial charge in [0.05, 0.1) is 24.1 Å². The average molecular weight is 323 g/mol. The van der Waals surface area contributed by atoms with Gasteiger partial charge in [0, 0.05) is 25.4 Å². The monoisotopic (exact) mass is 323 g/mol. The van der Waals surface area contributed by atoms with Crippen LogP contribution in [0.5, 0.6) is 0 Å². The van der Waals surface area contributed by atoms with Crippen molar-refractivity contribution in [3.05, 3.63) is 53.9 Å². The van der Waals surface area contributed by atoms with Gasteiger partial charge in [-0.1, -0.05) is 25.1 Å². The molecule has 7 heteroatoms. The van der Waals surface area contributed by atoms with Crippen molar-refractivity contribution in [2.75, 3.05) is 0 Å². The Labute approximate surface area is 140 Å². The molecule has 0 spiro atoms. The van der Waals surface area contributed by atoms with Crippen LogP contribution in [-0.2, 0) is 25.9 Å². The quantitative estimate of drug-likeness (QED) is 0.771. The van der Waals surface area contributed by atoms with E-state index in [1.807, 2.05) is 41.2 Å². The lowest BCUT2D eigenvalue weighted by Gasteiger charge is -2.23. The first-order valence-electron chi connectivity index (χ1n) is 8.44. The summed E-state index contributed by atoms with van der Waals surface area (Å²) < 4.78 is 2.04. The van der Waals surface area contributed by atoms with Crippen LogP contribution in [0.25, 0.3) is 5.69 Å². The second kappa shape index (κ2) is 6.52. The molecule has 0 saturated heterocycles. The van der Waals surface area contributed by atoms with Crippen molar-refractivity contribution in [2.45, 2.75) is 45.3 Å². The van der Waals surface area contributed by atoms with Crippen molar-refractivity contribution in [1.82, 2.24) is 35.1 Å². The molecule has 0 radical (unpaired) electrons. The van der Waals surface area contributed by atoms with Gasteiger partial charge in [-0.3, -0.25) is 0 Å². The lowest BCUT2D eigenvalue weighted by molar-refractivity contribution is 0.356. The standard InChI is InChI=1S/C17H21N7/c1-2-16-20-17-9-8-13(12-23(17)22-16)18-10-14-11-19-24(21-14)15-6-4-3-5-7-15/h3-7,11,13,18H,2,8-10,12H2,1H3/t13-/m0/s1. The molecule has 1 aliphatic rings. The molecular weight excluding hydrogens is 302 g/mol. The molecule has 1 atom stereocenters. The van der Waals surface area contributed by atoms with Crippen molar-refractivity contribution >= 4 is 0 Å². The first-order chi connectivity index (χ1) is 11.8. The zero-order valence-corrected chi connectivity index (χ0v) is 13.8. The normalized spacial score (nSPS) is 17.0. The highest BCUT2D eigenvalue weighted by Crippen LogP contribution is 2.14. The van der Waals surface area contributed by atoms with Crippen molar-refractivity contribution in [2.24, 2.45) is 0 Å². The Hall–Kier alpha value is -2.54. The molecule has 1 N–H and O–H groups in total. The number of aromatic nitrogens is 6. The van der Waals surface area contributed by atoms with Crippen LogP contribution in [0.3, 0.4) is 0 Å². The van der Waals surface area contributed by atoms with Crippen LogP contribution in [-0.4, -0.2) is 35.8 Å². The van der Waals surface area contributed by atoms with Crippen LogP contribution in [0.2, 0.25) is 0 Å². The smallest absolute Gasteiger partial charge is 0.150 e. The Bertz CT molecular complexity index is 805. The van der Waals surface area contributed by atoms with E-state index < -0.39 is 0 Å². The largest absolute Gasteiger partial charge is 0.306 e. The summed E-state index contributed by atoms with van der Waals surface area (Å²) in [7, 11) is 0. The highest BCUT2D eigenvalue weighted by atomic mass is 15.5. The number of benzene rings is 1. The van der Waals surface area contributed by atoms with Gasteiger partial charge in [-0.15, -0.1) is 0 Å². The van der Waals surface area contributed by atoms with E-state index >= 15 is 0 Å². The summed E-state index contributed by atoms with van der Waals surface area (Å²) in [5.41, 5.74) is 1.92. The first kappa shape index (κ1) is 15.0. The number of hydrogen-bond acceptors (Lipinski definition) is 5. The van der Waals surface area contributed by atoms with Crippen LogP contribution < -0.4 is 5.32 Å². The Morgan fingerprint density at radius 1 is 1.21 bits per heavy atom. The Morgan fingerprint density at radius 3 is 2.92 bits per heavy atom. The van der Waals surface area contributed by atoms with Crippen molar-refractivity contribution < 1.29 is 0 Å². The summed E-state index contributed by atoms with van der Waals surface area (Å²) in [6.07, 6.45) is 4.76. The minimum absolute atomic E-state index is 0.394. The highest BCUT2D eigenvalue weighted by molar-refractivity contribution is 5.28. The van der Waals surface area contributed by atoms with E-state index in [0.717, 1.165) is 48.8 Å². The van der Waals surface area contributed by atoms with Crippen LogP contribution in [0, 0.1) is 0 Å². The molecule has 1 aromatic carbocycles. The third-order valence-electron chi connectivity index (χ3n) is 4.32. The third-order valence-corrected chi connectivity index (χ3v) is 4.32. The lowest BCUT2D eigenvalue weighted by Crippen LogP contribution is -2.37. The number of rotatable bonds is 5. The molecule has 3 heterocycles. The summed E-state index contributed by atoms with van der Waals surface area (Å²) in [4.78, 5) is 6.22. The molecule has 0 unspecified atom stereocenters. The van der Waals surface area contributed by atoms with Gasteiger partial charge in [-0.2, -0.15) is 20.1 Å². The molecule has 4 rings (SSSR count). The minimum atomic E-state index is 0.394. The topological polar surface area (TPSA) is 73.5 Å². The number of para-hydroxylation sites is 1. The number of fused-ring (bicyclic) bond motifs is 1. The van der Waals surface area contributed by atoms with Gasteiger partial charge in [0.15, 0.2) is 5.82 Å². The van der Waals surface area contributed by atoms with E-state index in [0.29, 0.717) is 12.6 Å². The number of hydrogen-bond donors (Lipinski definition) is 1. The van der Waals surface area contributed by atoms with Gasteiger partial charge in [0.25, 0.3) is 0 Å². The zero-order valence-electron chi connectivity index (χ0n) is 13.8. The molecule has 2 aromatic heterocycles. The molecule has 0 saturated carbocycles. The van der Waals surface area contributed by atoms with E-state index in [1.54, 1.807) is 4.80 Å². The second-order valence-electron chi connectivity index (χ2n) is 6.06. The predicted octanol–water partition coefficient (Wildman–Crippen LogP) is 1.53.